The molecule has 3 aromatic carbocycles. The zero-order chi connectivity index (χ0) is 24.5. The normalized spacial score (nSPS) is 14.7. The smallest absolute Gasteiger partial charge is 0.256 e. The molecule has 7 nitrogen and oxygen atoms in total. The molecule has 7 heteroatoms. The van der Waals surface area contributed by atoms with Crippen molar-refractivity contribution in [2.24, 2.45) is 5.73 Å². The molecule has 174 valence electrons. The number of aryl methyl sites for hydroxylation is 1. The van der Waals surface area contributed by atoms with Crippen molar-refractivity contribution in [2.75, 3.05) is 7.11 Å². The van der Waals surface area contributed by atoms with E-state index in [4.69, 9.17) is 19.9 Å². The van der Waals surface area contributed by atoms with Crippen molar-refractivity contribution in [1.82, 2.24) is 4.98 Å². The molecule has 0 saturated heterocycles. The predicted molar refractivity (Wildman–Crippen MR) is 132 cm³/mol. The molecule has 3 N–H and O–H groups in total. The molecule has 2 heterocycles. The number of hydrogen-bond acceptors (Lipinski definition) is 6. The first kappa shape index (κ1) is 22.1. The number of pyridine rings is 1. The Labute approximate surface area is 202 Å². The number of aromatic amines is 1. The van der Waals surface area contributed by atoms with E-state index in [1.807, 2.05) is 49.4 Å². The van der Waals surface area contributed by atoms with Crippen LogP contribution in [0.4, 0.5) is 0 Å². The highest BCUT2D eigenvalue weighted by Crippen LogP contribution is 2.44. The molecule has 0 saturated carbocycles. The van der Waals surface area contributed by atoms with E-state index in [0.29, 0.717) is 45.9 Å². The second-order valence-corrected chi connectivity index (χ2v) is 8.36. The Bertz CT molecular complexity index is 1580. The highest BCUT2D eigenvalue weighted by Gasteiger charge is 2.35. The summed E-state index contributed by atoms with van der Waals surface area (Å²) in [7, 11) is 1.55. The number of nitriles is 1. The van der Waals surface area contributed by atoms with Crippen molar-refractivity contribution in [3.05, 3.63) is 111 Å². The Morgan fingerprint density at radius 2 is 1.91 bits per heavy atom. The summed E-state index contributed by atoms with van der Waals surface area (Å²) in [6.45, 7) is 2.40. The molecule has 5 rings (SSSR count). The van der Waals surface area contributed by atoms with Gasteiger partial charge in [0.05, 0.1) is 24.1 Å². The van der Waals surface area contributed by atoms with E-state index < -0.39 is 5.92 Å². The van der Waals surface area contributed by atoms with Gasteiger partial charge in [-0.05, 0) is 42.3 Å². The molecule has 0 radical (unpaired) electrons. The van der Waals surface area contributed by atoms with Crippen LogP contribution in [0.25, 0.3) is 10.9 Å². The van der Waals surface area contributed by atoms with Gasteiger partial charge in [-0.15, -0.1) is 0 Å². The third-order valence-electron chi connectivity index (χ3n) is 6.08. The molecule has 1 aromatic heterocycles. The standard InChI is InChI=1S/C28H23N3O4/c1-16-6-5-7-17(12-16)15-34-22-11-10-18(13-23(22)33-2)24-20(14-29)27(30)35-26-19-8-3-4-9-21(19)31-28(32)25(24)26/h3-13,24H,15,30H2,1-2H3,(H,31,32). The number of nitrogens with two attached hydrogens (primary N) is 1. The van der Waals surface area contributed by atoms with E-state index in [-0.39, 0.29) is 17.0 Å². The Balaban J connectivity index is 1.59. The third-order valence-corrected chi connectivity index (χ3v) is 6.08. The summed E-state index contributed by atoms with van der Waals surface area (Å²) >= 11 is 0. The second-order valence-electron chi connectivity index (χ2n) is 8.36. The topological polar surface area (TPSA) is 110 Å². The van der Waals surface area contributed by atoms with Gasteiger partial charge >= 0.3 is 0 Å². The van der Waals surface area contributed by atoms with Gasteiger partial charge in [0.15, 0.2) is 11.5 Å². The minimum atomic E-state index is -0.725. The molecule has 35 heavy (non-hydrogen) atoms. The second kappa shape index (κ2) is 8.92. The molecule has 1 atom stereocenters. The molecule has 0 fully saturated rings. The monoisotopic (exact) mass is 465 g/mol. The van der Waals surface area contributed by atoms with Gasteiger partial charge in [0.2, 0.25) is 5.88 Å². The first-order valence-corrected chi connectivity index (χ1v) is 11.1. The molecule has 4 aromatic rings. The van der Waals surface area contributed by atoms with Gasteiger partial charge in [-0.3, -0.25) is 4.79 Å². The van der Waals surface area contributed by atoms with Crippen molar-refractivity contribution in [2.45, 2.75) is 19.4 Å². The van der Waals surface area contributed by atoms with E-state index in [0.717, 1.165) is 11.1 Å². The summed E-state index contributed by atoms with van der Waals surface area (Å²) in [5.41, 5.74) is 9.78. The summed E-state index contributed by atoms with van der Waals surface area (Å²) in [4.78, 5) is 16.1. The summed E-state index contributed by atoms with van der Waals surface area (Å²) in [6.07, 6.45) is 0. The maximum Gasteiger partial charge on any atom is 0.256 e. The van der Waals surface area contributed by atoms with Crippen LogP contribution in [-0.4, -0.2) is 12.1 Å². The zero-order valence-electron chi connectivity index (χ0n) is 19.3. The molecule has 0 aliphatic carbocycles. The van der Waals surface area contributed by atoms with Crippen LogP contribution >= 0.6 is 0 Å². The molecule has 1 aliphatic heterocycles. The van der Waals surface area contributed by atoms with E-state index in [1.54, 1.807) is 25.3 Å². The SMILES string of the molecule is COc1cc(C2C(C#N)=C(N)Oc3c2c(=O)[nH]c2ccccc32)ccc1OCc1cccc(C)c1. The van der Waals surface area contributed by atoms with Crippen LogP contribution < -0.4 is 25.5 Å². The van der Waals surface area contributed by atoms with Crippen LogP contribution in [0.15, 0.2) is 83.0 Å². The lowest BCUT2D eigenvalue weighted by molar-refractivity contribution is 0.284. The number of nitrogens with one attached hydrogen (secondary N) is 1. The largest absolute Gasteiger partial charge is 0.493 e. The number of rotatable bonds is 5. The maximum atomic E-state index is 13.2. The third kappa shape index (κ3) is 3.96. The summed E-state index contributed by atoms with van der Waals surface area (Å²) < 4.78 is 17.4. The highest BCUT2D eigenvalue weighted by atomic mass is 16.5. The van der Waals surface area contributed by atoms with Crippen LogP contribution in [0.2, 0.25) is 0 Å². The molecule has 0 spiro atoms. The van der Waals surface area contributed by atoms with E-state index in [9.17, 15) is 10.1 Å². The van der Waals surface area contributed by atoms with Gasteiger partial charge in [0.1, 0.15) is 24.0 Å². The summed E-state index contributed by atoms with van der Waals surface area (Å²) in [5, 5.41) is 10.6. The van der Waals surface area contributed by atoms with Crippen LogP contribution in [0.3, 0.4) is 0 Å². The Kier molecular flexibility index (Phi) is 5.63. The van der Waals surface area contributed by atoms with Crippen LogP contribution in [0, 0.1) is 18.3 Å². The van der Waals surface area contributed by atoms with Gasteiger partial charge in [0.25, 0.3) is 5.56 Å². The quantitative estimate of drug-likeness (QED) is 0.444. The average Bonchev–Trinajstić information content (AvgIpc) is 2.86. The lowest BCUT2D eigenvalue weighted by Gasteiger charge is -2.27. The number of aromatic nitrogens is 1. The number of nitrogens with zero attached hydrogens (tertiary/aromatic N) is 1. The Morgan fingerprint density at radius 3 is 2.69 bits per heavy atom. The van der Waals surface area contributed by atoms with Crippen LogP contribution in [0.1, 0.15) is 28.2 Å². The number of para-hydroxylation sites is 1. The predicted octanol–water partition coefficient (Wildman–Crippen LogP) is 4.64. The van der Waals surface area contributed by atoms with Gasteiger partial charge in [-0.1, -0.05) is 48.0 Å². The minimum Gasteiger partial charge on any atom is -0.493 e. The Hall–Kier alpha value is -4.70. The fourth-order valence-corrected chi connectivity index (χ4v) is 4.45. The molecule has 1 unspecified atom stereocenters. The molecule has 0 bridgehead atoms. The summed E-state index contributed by atoms with van der Waals surface area (Å²) in [6, 6.07) is 22.9. The summed E-state index contributed by atoms with van der Waals surface area (Å²) in [5.74, 6) is 0.630. The fraction of sp³-hybridized carbons (Fsp3) is 0.143. The van der Waals surface area contributed by atoms with Crippen molar-refractivity contribution in [1.29, 1.82) is 5.26 Å². The average molecular weight is 466 g/mol. The number of methoxy groups -OCH3 is 1. The minimum absolute atomic E-state index is 0.0282. The van der Waals surface area contributed by atoms with Crippen molar-refractivity contribution < 1.29 is 14.2 Å². The number of hydrogen-bond donors (Lipinski definition) is 2. The lowest BCUT2D eigenvalue weighted by atomic mass is 9.83. The number of fused-ring (bicyclic) bond motifs is 3. The number of benzene rings is 3. The zero-order valence-corrected chi connectivity index (χ0v) is 19.3. The Morgan fingerprint density at radius 1 is 1.09 bits per heavy atom. The first-order valence-electron chi connectivity index (χ1n) is 11.1. The van der Waals surface area contributed by atoms with Gasteiger partial charge in [-0.2, -0.15) is 5.26 Å². The number of H-pyrrole nitrogens is 1. The number of allylic oxidation sites excluding steroid dienone is 1. The lowest BCUT2D eigenvalue weighted by Crippen LogP contribution is -2.27. The van der Waals surface area contributed by atoms with Gasteiger partial charge < -0.3 is 24.9 Å². The highest BCUT2D eigenvalue weighted by molar-refractivity contribution is 5.87. The van der Waals surface area contributed by atoms with E-state index in [1.165, 1.54) is 0 Å². The van der Waals surface area contributed by atoms with Crippen molar-refractivity contribution in [3.63, 3.8) is 0 Å². The fourth-order valence-electron chi connectivity index (χ4n) is 4.45. The van der Waals surface area contributed by atoms with Gasteiger partial charge in [-0.25, -0.2) is 0 Å². The molecule has 0 amide bonds. The maximum absolute atomic E-state index is 13.2. The van der Waals surface area contributed by atoms with E-state index in [2.05, 4.69) is 17.1 Å². The molecular weight excluding hydrogens is 442 g/mol. The van der Waals surface area contributed by atoms with Gasteiger partial charge in [0, 0.05) is 5.39 Å². The van der Waals surface area contributed by atoms with Crippen molar-refractivity contribution >= 4 is 10.9 Å². The van der Waals surface area contributed by atoms with Crippen molar-refractivity contribution in [3.8, 4) is 23.3 Å². The first-order chi connectivity index (χ1) is 17.0. The van der Waals surface area contributed by atoms with Crippen LogP contribution in [0.5, 0.6) is 17.2 Å². The number of ether oxygens (including phenoxy) is 3. The molecular formula is C28H23N3O4. The van der Waals surface area contributed by atoms with E-state index >= 15 is 0 Å². The van der Waals surface area contributed by atoms with Crippen LogP contribution in [-0.2, 0) is 6.61 Å². The molecule has 1 aliphatic rings.